The highest BCUT2D eigenvalue weighted by atomic mass is 16.5. The van der Waals surface area contributed by atoms with Crippen LogP contribution in [-0.2, 0) is 4.74 Å². The molecule has 0 bridgehead atoms. The third-order valence-corrected chi connectivity index (χ3v) is 6.24. The zero-order chi connectivity index (χ0) is 22.1. The molecule has 1 aliphatic heterocycles. The van der Waals surface area contributed by atoms with Gasteiger partial charge in [-0.15, -0.1) is 0 Å². The number of nitrogens with one attached hydrogen (secondary N) is 1. The second kappa shape index (κ2) is 8.27. The Morgan fingerprint density at radius 1 is 1.41 bits per heavy atom. The van der Waals surface area contributed by atoms with Crippen LogP contribution in [0.3, 0.4) is 0 Å². The van der Waals surface area contributed by atoms with Crippen molar-refractivity contribution in [3.8, 4) is 23.7 Å². The van der Waals surface area contributed by atoms with Crippen LogP contribution in [0.25, 0.3) is 16.9 Å². The highest BCUT2D eigenvalue weighted by Gasteiger charge is 2.33. The molecular weight excluding hydrogens is 406 g/mol. The first-order valence-corrected chi connectivity index (χ1v) is 10.9. The van der Waals surface area contributed by atoms with Crippen LogP contribution >= 0.6 is 0 Å². The second-order valence-corrected chi connectivity index (χ2v) is 8.58. The molecule has 164 valence electrons. The summed E-state index contributed by atoms with van der Waals surface area (Å²) in [7, 11) is 0. The minimum absolute atomic E-state index is 0.159. The largest absolute Gasteiger partial charge is 0.378 e. The Hall–Kier alpha value is -3.40. The molecule has 9 heteroatoms. The Morgan fingerprint density at radius 3 is 3.09 bits per heavy atom. The fourth-order valence-electron chi connectivity index (χ4n) is 4.51. The van der Waals surface area contributed by atoms with E-state index in [0.29, 0.717) is 37.5 Å². The average Bonchev–Trinajstić information content (AvgIpc) is 3.47. The summed E-state index contributed by atoms with van der Waals surface area (Å²) >= 11 is 0. The number of aromatic nitrogens is 5. The van der Waals surface area contributed by atoms with Crippen molar-refractivity contribution in [1.29, 1.82) is 5.26 Å². The lowest BCUT2D eigenvalue weighted by molar-refractivity contribution is 0.0478. The summed E-state index contributed by atoms with van der Waals surface area (Å²) in [6, 6.07) is 6.25. The number of nitrogens with zero attached hydrogens (tertiary/aromatic N) is 6. The lowest BCUT2D eigenvalue weighted by Gasteiger charge is -2.34. The normalized spacial score (nSPS) is 25.8. The number of pyridine rings is 1. The van der Waals surface area contributed by atoms with Crippen molar-refractivity contribution in [2.24, 2.45) is 5.92 Å². The van der Waals surface area contributed by atoms with Crippen molar-refractivity contribution >= 4 is 16.9 Å². The molecule has 0 aromatic carbocycles. The average molecular weight is 432 g/mol. The minimum atomic E-state index is -1.15. The van der Waals surface area contributed by atoms with Crippen LogP contribution < -0.4 is 4.90 Å². The Morgan fingerprint density at radius 2 is 2.31 bits per heavy atom. The molecule has 5 rings (SSSR count). The van der Waals surface area contributed by atoms with Crippen LogP contribution in [0.15, 0.2) is 24.5 Å². The predicted octanol–water partition coefficient (Wildman–Crippen LogP) is 2.17. The van der Waals surface area contributed by atoms with Crippen molar-refractivity contribution in [2.75, 3.05) is 24.7 Å². The molecule has 1 saturated heterocycles. The summed E-state index contributed by atoms with van der Waals surface area (Å²) < 4.78 is 7.30. The molecule has 9 nitrogen and oxygen atoms in total. The van der Waals surface area contributed by atoms with E-state index in [-0.39, 0.29) is 12.0 Å². The lowest BCUT2D eigenvalue weighted by atomic mass is 9.79. The zero-order valence-corrected chi connectivity index (χ0v) is 18.0. The molecule has 2 aliphatic rings. The highest BCUT2D eigenvalue weighted by molar-refractivity contribution is 5.85. The monoisotopic (exact) mass is 431 g/mol. The maximum atomic E-state index is 11.0. The second-order valence-electron chi connectivity index (χ2n) is 8.58. The fraction of sp³-hybridized carbons (Fsp3) is 0.478. The maximum absolute atomic E-state index is 11.0. The Balaban J connectivity index is 1.61. The number of rotatable bonds is 2. The van der Waals surface area contributed by atoms with E-state index in [1.165, 1.54) is 0 Å². The Labute approximate surface area is 186 Å². The molecule has 3 atom stereocenters. The van der Waals surface area contributed by atoms with Crippen LogP contribution in [0.4, 0.5) is 5.82 Å². The van der Waals surface area contributed by atoms with Gasteiger partial charge in [0.25, 0.3) is 0 Å². The summed E-state index contributed by atoms with van der Waals surface area (Å²) in [5, 5.41) is 32.6. The van der Waals surface area contributed by atoms with Gasteiger partial charge < -0.3 is 14.7 Å². The molecule has 32 heavy (non-hydrogen) atoms. The maximum Gasteiger partial charge on any atom is 0.168 e. The van der Waals surface area contributed by atoms with E-state index in [1.807, 2.05) is 12.1 Å². The van der Waals surface area contributed by atoms with Gasteiger partial charge in [-0.3, -0.25) is 5.10 Å². The van der Waals surface area contributed by atoms with Crippen molar-refractivity contribution in [3.05, 3.63) is 30.1 Å². The van der Waals surface area contributed by atoms with Gasteiger partial charge in [-0.1, -0.05) is 11.8 Å². The van der Waals surface area contributed by atoms with E-state index < -0.39 is 5.60 Å². The van der Waals surface area contributed by atoms with Crippen molar-refractivity contribution in [2.45, 2.75) is 44.2 Å². The number of hydrogen-bond acceptors (Lipinski definition) is 7. The van der Waals surface area contributed by atoms with E-state index >= 15 is 0 Å². The molecule has 2 N–H and O–H groups in total. The molecule has 2 fully saturated rings. The molecule has 0 amide bonds. The van der Waals surface area contributed by atoms with E-state index in [2.05, 4.69) is 45.0 Å². The van der Waals surface area contributed by atoms with Gasteiger partial charge in [0.15, 0.2) is 11.5 Å². The van der Waals surface area contributed by atoms with Crippen LogP contribution in [0.2, 0.25) is 0 Å². The zero-order valence-electron chi connectivity index (χ0n) is 18.0. The van der Waals surface area contributed by atoms with Gasteiger partial charge in [0.1, 0.15) is 11.4 Å². The molecule has 0 spiro atoms. The molecule has 4 heterocycles. The molecular formula is C23H25N7O2. The van der Waals surface area contributed by atoms with Crippen molar-refractivity contribution in [3.63, 3.8) is 0 Å². The van der Waals surface area contributed by atoms with Crippen LogP contribution in [0.1, 0.15) is 38.2 Å². The number of fused-ring (bicyclic) bond motifs is 1. The summed E-state index contributed by atoms with van der Waals surface area (Å²) in [6.45, 7) is 4.11. The number of aliphatic hydroxyl groups is 1. The number of ether oxygens (including phenoxy) is 1. The molecule has 3 aromatic rings. The Bertz CT molecular complexity index is 1220. The topological polar surface area (TPSA) is 116 Å². The van der Waals surface area contributed by atoms with Crippen LogP contribution in [0, 0.1) is 29.1 Å². The van der Waals surface area contributed by atoms with Gasteiger partial charge >= 0.3 is 0 Å². The first-order valence-electron chi connectivity index (χ1n) is 10.9. The van der Waals surface area contributed by atoms with Gasteiger partial charge in [0.2, 0.25) is 0 Å². The lowest BCUT2D eigenvalue weighted by Crippen LogP contribution is -2.44. The smallest absolute Gasteiger partial charge is 0.168 e. The summed E-state index contributed by atoms with van der Waals surface area (Å²) in [4.78, 5) is 7.12. The van der Waals surface area contributed by atoms with E-state index in [0.717, 1.165) is 36.2 Å². The molecule has 1 saturated carbocycles. The van der Waals surface area contributed by atoms with E-state index in [4.69, 9.17) is 9.72 Å². The Kier molecular flexibility index (Phi) is 5.30. The van der Waals surface area contributed by atoms with Gasteiger partial charge in [0, 0.05) is 24.6 Å². The quantitative estimate of drug-likeness (QED) is 0.597. The summed E-state index contributed by atoms with van der Waals surface area (Å²) in [6.07, 6.45) is 5.97. The molecule has 0 radical (unpaired) electrons. The third-order valence-electron chi connectivity index (χ3n) is 6.24. The number of H-pyrrole nitrogens is 1. The minimum Gasteiger partial charge on any atom is -0.378 e. The van der Waals surface area contributed by atoms with Crippen molar-refractivity contribution in [1.82, 2.24) is 25.0 Å². The highest BCUT2D eigenvalue weighted by Crippen LogP contribution is 2.32. The number of hydrogen-bond donors (Lipinski definition) is 2. The SMILES string of the molecule is C[C@@H]1COCCN1c1cc(C#CC2(O)CCCC(C#N)C2)c2cnn(-c3ccn[nH]3)c2n1. The van der Waals surface area contributed by atoms with Gasteiger partial charge in [-0.2, -0.15) is 20.1 Å². The number of nitriles is 1. The fourth-order valence-corrected chi connectivity index (χ4v) is 4.51. The molecule has 3 aromatic heterocycles. The van der Waals surface area contributed by atoms with Crippen LogP contribution in [0.5, 0.6) is 0 Å². The summed E-state index contributed by atoms with van der Waals surface area (Å²) in [5.74, 6) is 7.64. The van der Waals surface area contributed by atoms with Crippen LogP contribution in [-0.4, -0.2) is 61.5 Å². The first-order chi connectivity index (χ1) is 15.6. The van der Waals surface area contributed by atoms with Gasteiger partial charge in [-0.25, -0.2) is 4.98 Å². The standard InChI is InChI=1S/C23H25N7O2/c1-16-15-32-10-9-29(16)21-11-18(4-7-23(31)6-2-3-17(12-23)13-24)19-14-26-30(22(19)27-21)20-5-8-25-28-20/h5,8,11,14,16-17,31H,2-3,6,9-10,12,15H2,1H3,(H,25,28)/t16-,17?,23?/m1/s1. The number of morpholine rings is 1. The number of anilines is 1. The van der Waals surface area contributed by atoms with Gasteiger partial charge in [0.05, 0.1) is 49.0 Å². The first kappa shape index (κ1) is 20.5. The predicted molar refractivity (Wildman–Crippen MR) is 118 cm³/mol. The van der Waals surface area contributed by atoms with E-state index in [9.17, 15) is 10.4 Å². The summed E-state index contributed by atoms with van der Waals surface area (Å²) in [5.41, 5.74) is 0.266. The van der Waals surface area contributed by atoms with Crippen molar-refractivity contribution < 1.29 is 9.84 Å². The number of aromatic amines is 1. The van der Waals surface area contributed by atoms with E-state index in [1.54, 1.807) is 17.1 Å². The van der Waals surface area contributed by atoms with Gasteiger partial charge in [-0.05, 0) is 32.3 Å². The molecule has 2 unspecified atom stereocenters. The third kappa shape index (κ3) is 3.81. The molecule has 1 aliphatic carbocycles.